The Morgan fingerprint density at radius 2 is 2.07 bits per heavy atom. The van der Waals surface area contributed by atoms with E-state index in [-0.39, 0.29) is 11.8 Å². The van der Waals surface area contributed by atoms with Gasteiger partial charge in [-0.15, -0.1) is 0 Å². The molecule has 1 heterocycles. The molecule has 0 fully saturated rings. The van der Waals surface area contributed by atoms with Crippen molar-refractivity contribution in [3.8, 4) is 5.75 Å². The normalized spacial score (nSPS) is 14.6. The summed E-state index contributed by atoms with van der Waals surface area (Å²) in [5.74, 6) is 0.969. The number of fused-ring (bicyclic) bond motifs is 1. The van der Waals surface area contributed by atoms with Crippen LogP contribution in [0.3, 0.4) is 0 Å². The van der Waals surface area contributed by atoms with Crippen LogP contribution in [-0.2, 0) is 4.79 Å². The summed E-state index contributed by atoms with van der Waals surface area (Å²) >= 11 is 1.39. The minimum Gasteiger partial charge on any atom is -0.497 e. The molecule has 3 rings (SSSR count). The lowest BCUT2D eigenvalue weighted by molar-refractivity contribution is -0.112. The van der Waals surface area contributed by atoms with E-state index in [9.17, 15) is 9.59 Å². The second-order valence-electron chi connectivity index (χ2n) is 6.99. The molecule has 2 aromatic rings. The van der Waals surface area contributed by atoms with Gasteiger partial charge in [0, 0.05) is 17.0 Å². The highest BCUT2D eigenvalue weighted by Crippen LogP contribution is 2.39. The summed E-state index contributed by atoms with van der Waals surface area (Å²) < 4.78 is 5.23. The monoisotopic (exact) mass is 396 g/mol. The first-order chi connectivity index (χ1) is 13.5. The molecule has 0 unspecified atom stereocenters. The number of methoxy groups -OCH3 is 1. The van der Waals surface area contributed by atoms with Crippen LogP contribution in [-0.4, -0.2) is 25.5 Å². The van der Waals surface area contributed by atoms with Gasteiger partial charge in [0.1, 0.15) is 5.75 Å². The number of thioether (sulfide) groups is 1. The molecular formula is C22H24N2O3S. The van der Waals surface area contributed by atoms with E-state index < -0.39 is 0 Å². The van der Waals surface area contributed by atoms with E-state index in [1.807, 2.05) is 36.4 Å². The number of hydrogen-bond acceptors (Lipinski definition) is 4. The fourth-order valence-electron chi connectivity index (χ4n) is 2.76. The van der Waals surface area contributed by atoms with E-state index >= 15 is 0 Å². The highest BCUT2D eigenvalue weighted by atomic mass is 32.2. The number of amides is 2. The van der Waals surface area contributed by atoms with Crippen LogP contribution in [0.4, 0.5) is 5.69 Å². The lowest BCUT2D eigenvalue weighted by atomic mass is 10.1. The summed E-state index contributed by atoms with van der Waals surface area (Å²) in [6.45, 7) is 4.88. The lowest BCUT2D eigenvalue weighted by Crippen LogP contribution is -2.26. The van der Waals surface area contributed by atoms with Crippen molar-refractivity contribution >= 4 is 35.3 Å². The van der Waals surface area contributed by atoms with Crippen molar-refractivity contribution in [1.82, 2.24) is 5.32 Å². The standard InChI is InChI=1S/C22H24N2O3S/c1-14(2)9-10-23-21(25)16-7-8-19-18(13-16)24-22(26)20(28-19)12-15-5-4-6-17(11-15)27-3/h4-8,11-14H,9-10H2,1-3H3,(H,23,25)(H,24,26). The van der Waals surface area contributed by atoms with E-state index in [4.69, 9.17) is 4.74 Å². The van der Waals surface area contributed by atoms with Gasteiger partial charge in [-0.05, 0) is 54.3 Å². The molecule has 0 radical (unpaired) electrons. The fraction of sp³-hybridized carbons (Fsp3) is 0.273. The number of anilines is 1. The van der Waals surface area contributed by atoms with Crippen molar-refractivity contribution < 1.29 is 14.3 Å². The maximum atomic E-state index is 12.5. The van der Waals surface area contributed by atoms with Crippen LogP contribution in [0, 0.1) is 5.92 Å². The van der Waals surface area contributed by atoms with Gasteiger partial charge >= 0.3 is 0 Å². The van der Waals surface area contributed by atoms with Crippen LogP contribution >= 0.6 is 11.8 Å². The van der Waals surface area contributed by atoms with Crippen molar-refractivity contribution in [3.05, 3.63) is 58.5 Å². The predicted molar refractivity (Wildman–Crippen MR) is 114 cm³/mol. The molecule has 0 saturated carbocycles. The fourth-order valence-corrected chi connectivity index (χ4v) is 3.69. The third-order valence-corrected chi connectivity index (χ3v) is 5.43. The molecule has 0 saturated heterocycles. The van der Waals surface area contributed by atoms with Gasteiger partial charge < -0.3 is 15.4 Å². The molecule has 0 spiro atoms. The summed E-state index contributed by atoms with van der Waals surface area (Å²) in [5.41, 5.74) is 2.10. The Balaban J connectivity index is 1.75. The van der Waals surface area contributed by atoms with Crippen LogP contribution in [0.1, 0.15) is 36.2 Å². The van der Waals surface area contributed by atoms with Crippen LogP contribution < -0.4 is 15.4 Å². The van der Waals surface area contributed by atoms with Crippen LogP contribution in [0.2, 0.25) is 0 Å². The minimum absolute atomic E-state index is 0.125. The number of carbonyl (C=O) groups is 2. The molecule has 0 bridgehead atoms. The Labute approximate surface area is 169 Å². The molecule has 0 atom stereocenters. The minimum atomic E-state index is -0.183. The molecular weight excluding hydrogens is 372 g/mol. The van der Waals surface area contributed by atoms with Gasteiger partial charge in [0.25, 0.3) is 11.8 Å². The summed E-state index contributed by atoms with van der Waals surface area (Å²) in [6.07, 6.45) is 2.76. The zero-order valence-corrected chi connectivity index (χ0v) is 17.1. The zero-order chi connectivity index (χ0) is 20.1. The highest BCUT2D eigenvalue weighted by molar-refractivity contribution is 8.04. The summed E-state index contributed by atoms with van der Waals surface area (Å²) in [5, 5.41) is 5.81. The van der Waals surface area contributed by atoms with E-state index in [1.54, 1.807) is 19.2 Å². The van der Waals surface area contributed by atoms with E-state index in [0.29, 0.717) is 28.6 Å². The van der Waals surface area contributed by atoms with Gasteiger partial charge in [-0.2, -0.15) is 0 Å². The third-order valence-electron chi connectivity index (χ3n) is 4.33. The van der Waals surface area contributed by atoms with Gasteiger partial charge in [-0.25, -0.2) is 0 Å². The first kappa shape index (κ1) is 20.0. The molecule has 0 aliphatic carbocycles. The molecule has 6 heteroatoms. The smallest absolute Gasteiger partial charge is 0.262 e. The molecule has 2 N–H and O–H groups in total. The number of benzene rings is 2. The van der Waals surface area contributed by atoms with Crippen molar-refractivity contribution in [2.75, 3.05) is 19.0 Å². The Bertz CT molecular complexity index is 922. The first-order valence-electron chi connectivity index (χ1n) is 9.23. The van der Waals surface area contributed by atoms with Crippen molar-refractivity contribution in [1.29, 1.82) is 0 Å². The Morgan fingerprint density at radius 1 is 1.25 bits per heavy atom. The van der Waals surface area contributed by atoms with Crippen molar-refractivity contribution in [2.45, 2.75) is 25.2 Å². The second kappa shape index (κ2) is 8.97. The molecule has 146 valence electrons. The topological polar surface area (TPSA) is 67.4 Å². The van der Waals surface area contributed by atoms with E-state index in [1.165, 1.54) is 11.8 Å². The average molecular weight is 397 g/mol. The largest absolute Gasteiger partial charge is 0.497 e. The SMILES string of the molecule is COc1cccc(C=C2Sc3ccc(C(=O)NCCC(C)C)cc3NC2=O)c1. The molecule has 1 aliphatic rings. The van der Waals surface area contributed by atoms with E-state index in [2.05, 4.69) is 24.5 Å². The number of nitrogens with one attached hydrogen (secondary N) is 2. The Hall–Kier alpha value is -2.73. The first-order valence-corrected chi connectivity index (χ1v) is 10.0. The third kappa shape index (κ3) is 4.95. The van der Waals surface area contributed by atoms with Gasteiger partial charge in [0.2, 0.25) is 0 Å². The van der Waals surface area contributed by atoms with Gasteiger partial charge in [0.15, 0.2) is 0 Å². The Kier molecular flexibility index (Phi) is 6.41. The number of rotatable bonds is 6. The molecule has 0 aromatic heterocycles. The number of carbonyl (C=O) groups excluding carboxylic acids is 2. The molecule has 28 heavy (non-hydrogen) atoms. The highest BCUT2D eigenvalue weighted by Gasteiger charge is 2.22. The molecule has 2 amide bonds. The Morgan fingerprint density at radius 3 is 2.82 bits per heavy atom. The molecule has 1 aliphatic heterocycles. The van der Waals surface area contributed by atoms with Gasteiger partial charge in [0.05, 0.1) is 17.7 Å². The maximum absolute atomic E-state index is 12.5. The van der Waals surface area contributed by atoms with Crippen molar-refractivity contribution in [2.24, 2.45) is 5.92 Å². The van der Waals surface area contributed by atoms with Crippen molar-refractivity contribution in [3.63, 3.8) is 0 Å². The van der Waals surface area contributed by atoms with Crippen LogP contribution in [0.15, 0.2) is 52.3 Å². The van der Waals surface area contributed by atoms with Gasteiger partial charge in [-0.3, -0.25) is 9.59 Å². The average Bonchev–Trinajstić information content (AvgIpc) is 2.68. The predicted octanol–water partition coefficient (Wildman–Crippen LogP) is 4.56. The summed E-state index contributed by atoms with van der Waals surface area (Å²) in [6, 6.07) is 12.9. The van der Waals surface area contributed by atoms with Gasteiger partial charge in [-0.1, -0.05) is 37.7 Å². The zero-order valence-electron chi connectivity index (χ0n) is 16.2. The molecule has 2 aromatic carbocycles. The quantitative estimate of drug-likeness (QED) is 0.703. The number of ether oxygens (including phenoxy) is 1. The summed E-state index contributed by atoms with van der Waals surface area (Å²) in [7, 11) is 1.61. The number of hydrogen-bond donors (Lipinski definition) is 2. The summed E-state index contributed by atoms with van der Waals surface area (Å²) in [4.78, 5) is 26.3. The maximum Gasteiger partial charge on any atom is 0.262 e. The molecule has 5 nitrogen and oxygen atoms in total. The van der Waals surface area contributed by atoms with Crippen LogP contribution in [0.25, 0.3) is 6.08 Å². The van der Waals surface area contributed by atoms with E-state index in [0.717, 1.165) is 22.6 Å². The van der Waals surface area contributed by atoms with Crippen LogP contribution in [0.5, 0.6) is 5.75 Å². The second-order valence-corrected chi connectivity index (χ2v) is 8.07. The lowest BCUT2D eigenvalue weighted by Gasteiger charge is -2.19.